The summed E-state index contributed by atoms with van der Waals surface area (Å²) >= 11 is 0. The van der Waals surface area contributed by atoms with Gasteiger partial charge in [0.1, 0.15) is 0 Å². The summed E-state index contributed by atoms with van der Waals surface area (Å²) in [5, 5.41) is 12.3. The number of carboxylic acids is 1. The molecule has 2 rings (SSSR count). The Kier molecular flexibility index (Phi) is 3.80. The average molecular weight is 256 g/mol. The number of nitrogens with zero attached hydrogens (tertiary/aromatic N) is 1. The maximum absolute atomic E-state index is 10.9. The van der Waals surface area contributed by atoms with Gasteiger partial charge in [-0.05, 0) is 49.2 Å². The third-order valence-electron chi connectivity index (χ3n) is 3.02. The lowest BCUT2D eigenvalue weighted by Gasteiger charge is -2.16. The van der Waals surface area contributed by atoms with Gasteiger partial charge in [0.05, 0.1) is 11.6 Å². The zero-order valence-electron chi connectivity index (χ0n) is 10.9. The Bertz CT molecular complexity index is 582. The third-order valence-corrected chi connectivity index (χ3v) is 3.02. The van der Waals surface area contributed by atoms with Crippen molar-refractivity contribution >= 4 is 11.7 Å². The molecule has 0 bridgehead atoms. The Morgan fingerprint density at radius 3 is 2.74 bits per heavy atom. The van der Waals surface area contributed by atoms with Crippen molar-refractivity contribution in [3.63, 3.8) is 0 Å². The van der Waals surface area contributed by atoms with E-state index in [4.69, 9.17) is 5.11 Å². The molecule has 0 radical (unpaired) electrons. The molecule has 1 atom stereocenters. The molecule has 0 saturated carbocycles. The molecule has 19 heavy (non-hydrogen) atoms. The number of aromatic carboxylic acids is 1. The molecule has 1 aromatic heterocycles. The molecule has 98 valence electrons. The fourth-order valence-electron chi connectivity index (χ4n) is 1.96. The lowest BCUT2D eigenvalue weighted by atomic mass is 10.1. The van der Waals surface area contributed by atoms with Crippen molar-refractivity contribution in [2.45, 2.75) is 19.9 Å². The highest BCUT2D eigenvalue weighted by Gasteiger charge is 2.09. The van der Waals surface area contributed by atoms with Crippen LogP contribution in [0.3, 0.4) is 0 Å². The molecule has 1 aromatic carbocycles. The van der Waals surface area contributed by atoms with E-state index in [0.29, 0.717) is 5.56 Å². The molecule has 1 heterocycles. The minimum Gasteiger partial charge on any atom is -0.478 e. The quantitative estimate of drug-likeness (QED) is 0.881. The van der Waals surface area contributed by atoms with E-state index in [9.17, 15) is 4.79 Å². The van der Waals surface area contributed by atoms with Crippen LogP contribution in [0.2, 0.25) is 0 Å². The van der Waals surface area contributed by atoms with Crippen molar-refractivity contribution in [3.8, 4) is 0 Å². The summed E-state index contributed by atoms with van der Waals surface area (Å²) in [6.07, 6.45) is 3.55. The van der Waals surface area contributed by atoms with Crippen LogP contribution in [0, 0.1) is 6.92 Å². The Morgan fingerprint density at radius 2 is 2.16 bits per heavy atom. The molecule has 0 aliphatic rings. The van der Waals surface area contributed by atoms with E-state index >= 15 is 0 Å². The van der Waals surface area contributed by atoms with Gasteiger partial charge in [-0.1, -0.05) is 6.07 Å². The van der Waals surface area contributed by atoms with Crippen LogP contribution in [-0.4, -0.2) is 16.1 Å². The molecule has 0 aliphatic heterocycles. The molecule has 1 unspecified atom stereocenters. The smallest absolute Gasteiger partial charge is 0.335 e. The van der Waals surface area contributed by atoms with E-state index in [0.717, 1.165) is 16.8 Å². The maximum Gasteiger partial charge on any atom is 0.335 e. The van der Waals surface area contributed by atoms with Gasteiger partial charge >= 0.3 is 5.97 Å². The van der Waals surface area contributed by atoms with Gasteiger partial charge in [-0.15, -0.1) is 0 Å². The van der Waals surface area contributed by atoms with Crippen molar-refractivity contribution in [1.82, 2.24) is 4.98 Å². The predicted molar refractivity (Wildman–Crippen MR) is 74.4 cm³/mol. The lowest BCUT2D eigenvalue weighted by molar-refractivity contribution is 0.0696. The number of aryl methyl sites for hydroxylation is 1. The van der Waals surface area contributed by atoms with Crippen molar-refractivity contribution in [2.75, 3.05) is 5.32 Å². The molecule has 2 N–H and O–H groups in total. The second kappa shape index (κ2) is 5.52. The van der Waals surface area contributed by atoms with Crippen molar-refractivity contribution < 1.29 is 9.90 Å². The van der Waals surface area contributed by atoms with Crippen LogP contribution in [0.5, 0.6) is 0 Å². The number of pyridine rings is 1. The largest absolute Gasteiger partial charge is 0.478 e. The standard InChI is InChI=1S/C15H16N2O2/c1-10-8-13(5-6-14(10)15(18)19)17-11(2)12-4-3-7-16-9-12/h3-9,11,17H,1-2H3,(H,18,19). The van der Waals surface area contributed by atoms with Crippen LogP contribution in [0.25, 0.3) is 0 Å². The summed E-state index contributed by atoms with van der Waals surface area (Å²) in [4.78, 5) is 15.0. The van der Waals surface area contributed by atoms with E-state index in [1.165, 1.54) is 0 Å². The van der Waals surface area contributed by atoms with Gasteiger partial charge in [0.15, 0.2) is 0 Å². The first-order valence-corrected chi connectivity index (χ1v) is 6.08. The van der Waals surface area contributed by atoms with E-state index in [1.807, 2.05) is 31.3 Å². The Hall–Kier alpha value is -2.36. The first-order valence-electron chi connectivity index (χ1n) is 6.08. The zero-order chi connectivity index (χ0) is 13.8. The Labute approximate surface area is 112 Å². The van der Waals surface area contributed by atoms with Gasteiger partial charge in [0.25, 0.3) is 0 Å². The van der Waals surface area contributed by atoms with Crippen molar-refractivity contribution in [3.05, 3.63) is 59.4 Å². The van der Waals surface area contributed by atoms with Crippen LogP contribution < -0.4 is 5.32 Å². The van der Waals surface area contributed by atoms with Gasteiger partial charge < -0.3 is 10.4 Å². The summed E-state index contributed by atoms with van der Waals surface area (Å²) in [5.41, 5.74) is 3.07. The van der Waals surface area contributed by atoms with Gasteiger partial charge in [0, 0.05) is 18.1 Å². The Balaban J connectivity index is 2.16. The van der Waals surface area contributed by atoms with E-state index in [-0.39, 0.29) is 6.04 Å². The van der Waals surface area contributed by atoms with Crippen molar-refractivity contribution in [2.24, 2.45) is 0 Å². The molecular formula is C15H16N2O2. The van der Waals surface area contributed by atoms with Gasteiger partial charge in [-0.3, -0.25) is 4.98 Å². The maximum atomic E-state index is 10.9. The number of rotatable bonds is 4. The molecule has 0 spiro atoms. The van der Waals surface area contributed by atoms with E-state index in [1.54, 1.807) is 25.3 Å². The summed E-state index contributed by atoms with van der Waals surface area (Å²) in [7, 11) is 0. The Morgan fingerprint density at radius 1 is 1.37 bits per heavy atom. The molecule has 0 saturated heterocycles. The second-order valence-corrected chi connectivity index (χ2v) is 4.49. The number of nitrogens with one attached hydrogen (secondary N) is 1. The summed E-state index contributed by atoms with van der Waals surface area (Å²) in [6.45, 7) is 3.83. The van der Waals surface area contributed by atoms with Crippen LogP contribution in [-0.2, 0) is 0 Å². The molecule has 4 heteroatoms. The van der Waals surface area contributed by atoms with Crippen LogP contribution in [0.1, 0.15) is 34.5 Å². The molecule has 2 aromatic rings. The van der Waals surface area contributed by atoms with Gasteiger partial charge in [-0.25, -0.2) is 4.79 Å². The van der Waals surface area contributed by atoms with Crippen LogP contribution in [0.15, 0.2) is 42.7 Å². The number of carboxylic acid groups (broad SMARTS) is 1. The number of hydrogen-bond acceptors (Lipinski definition) is 3. The minimum atomic E-state index is -0.899. The average Bonchev–Trinajstić information content (AvgIpc) is 2.39. The molecule has 4 nitrogen and oxygen atoms in total. The number of anilines is 1. The van der Waals surface area contributed by atoms with E-state index < -0.39 is 5.97 Å². The number of carbonyl (C=O) groups is 1. The van der Waals surface area contributed by atoms with Gasteiger partial charge in [0.2, 0.25) is 0 Å². The highest BCUT2D eigenvalue weighted by Crippen LogP contribution is 2.21. The first-order chi connectivity index (χ1) is 9.08. The monoisotopic (exact) mass is 256 g/mol. The second-order valence-electron chi connectivity index (χ2n) is 4.49. The lowest BCUT2D eigenvalue weighted by Crippen LogP contribution is -2.08. The summed E-state index contributed by atoms with van der Waals surface area (Å²) in [5.74, 6) is -0.899. The molecule has 0 amide bonds. The number of aromatic nitrogens is 1. The number of hydrogen-bond donors (Lipinski definition) is 2. The molecule has 0 aliphatic carbocycles. The predicted octanol–water partition coefficient (Wildman–Crippen LogP) is 3.26. The summed E-state index contributed by atoms with van der Waals surface area (Å²) < 4.78 is 0. The molecule has 0 fully saturated rings. The van der Waals surface area contributed by atoms with Crippen LogP contribution >= 0.6 is 0 Å². The highest BCUT2D eigenvalue weighted by molar-refractivity contribution is 5.89. The highest BCUT2D eigenvalue weighted by atomic mass is 16.4. The van der Waals surface area contributed by atoms with E-state index in [2.05, 4.69) is 10.3 Å². The topological polar surface area (TPSA) is 62.2 Å². The van der Waals surface area contributed by atoms with Crippen LogP contribution in [0.4, 0.5) is 5.69 Å². The summed E-state index contributed by atoms with van der Waals surface area (Å²) in [6, 6.07) is 9.26. The first kappa shape index (κ1) is 13.1. The zero-order valence-corrected chi connectivity index (χ0v) is 10.9. The fraction of sp³-hybridized carbons (Fsp3) is 0.200. The molecular weight excluding hydrogens is 240 g/mol. The SMILES string of the molecule is Cc1cc(NC(C)c2cccnc2)ccc1C(=O)O. The normalized spacial score (nSPS) is 11.9. The van der Waals surface area contributed by atoms with Crippen molar-refractivity contribution in [1.29, 1.82) is 0 Å². The fourth-order valence-corrected chi connectivity index (χ4v) is 1.96. The minimum absolute atomic E-state index is 0.115. The third kappa shape index (κ3) is 3.10. The van der Waals surface area contributed by atoms with Gasteiger partial charge in [-0.2, -0.15) is 0 Å². The number of benzene rings is 1.